The molecule has 3 unspecified atom stereocenters. The predicted octanol–water partition coefficient (Wildman–Crippen LogP) is 2.51. The standard InChI is InChI=1S/C15H32N2O/c1-5-7-8-13(6-2)11-14(16-3)15-12-17(4)9-10-18-15/h13-16H,5-12H2,1-4H3. The Morgan fingerprint density at radius 1 is 1.39 bits per heavy atom. The van der Waals surface area contributed by atoms with E-state index in [1.54, 1.807) is 0 Å². The summed E-state index contributed by atoms with van der Waals surface area (Å²) in [6.07, 6.45) is 6.95. The van der Waals surface area contributed by atoms with Crippen LogP contribution in [0.1, 0.15) is 46.0 Å². The number of unbranched alkanes of at least 4 members (excludes halogenated alkanes) is 1. The van der Waals surface area contributed by atoms with E-state index in [1.165, 1.54) is 32.1 Å². The minimum Gasteiger partial charge on any atom is -0.374 e. The summed E-state index contributed by atoms with van der Waals surface area (Å²) in [6, 6.07) is 0.509. The molecule has 3 heteroatoms. The Kier molecular flexibility index (Phi) is 7.87. The van der Waals surface area contributed by atoms with Crippen LogP contribution in [0.5, 0.6) is 0 Å². The lowest BCUT2D eigenvalue weighted by Gasteiger charge is -2.36. The lowest BCUT2D eigenvalue weighted by molar-refractivity contribution is -0.0414. The van der Waals surface area contributed by atoms with Gasteiger partial charge in [-0.25, -0.2) is 0 Å². The highest BCUT2D eigenvalue weighted by atomic mass is 16.5. The molecular weight excluding hydrogens is 224 g/mol. The number of nitrogens with one attached hydrogen (secondary N) is 1. The Balaban J connectivity index is 2.43. The SMILES string of the molecule is CCCCC(CC)CC(NC)C1CN(C)CCO1. The summed E-state index contributed by atoms with van der Waals surface area (Å²) >= 11 is 0. The minimum absolute atomic E-state index is 0.365. The maximum atomic E-state index is 5.95. The minimum atomic E-state index is 0.365. The van der Waals surface area contributed by atoms with Crippen molar-refractivity contribution in [1.29, 1.82) is 0 Å². The second-order valence-corrected chi connectivity index (χ2v) is 5.72. The molecule has 1 saturated heterocycles. The van der Waals surface area contributed by atoms with Gasteiger partial charge in [-0.15, -0.1) is 0 Å². The van der Waals surface area contributed by atoms with Crippen molar-refractivity contribution in [2.45, 2.75) is 58.1 Å². The van der Waals surface area contributed by atoms with Crippen LogP contribution in [-0.4, -0.2) is 50.8 Å². The molecule has 3 nitrogen and oxygen atoms in total. The van der Waals surface area contributed by atoms with Crippen LogP contribution >= 0.6 is 0 Å². The third-order valence-corrected chi connectivity index (χ3v) is 4.25. The van der Waals surface area contributed by atoms with Crippen LogP contribution in [0.2, 0.25) is 0 Å². The largest absolute Gasteiger partial charge is 0.374 e. The van der Waals surface area contributed by atoms with Gasteiger partial charge in [0.15, 0.2) is 0 Å². The number of morpholine rings is 1. The second kappa shape index (κ2) is 8.89. The van der Waals surface area contributed by atoms with E-state index in [2.05, 4.69) is 38.2 Å². The van der Waals surface area contributed by atoms with E-state index in [9.17, 15) is 0 Å². The van der Waals surface area contributed by atoms with Gasteiger partial charge in [0.1, 0.15) is 0 Å². The molecule has 1 aliphatic rings. The van der Waals surface area contributed by atoms with Crippen LogP contribution in [0, 0.1) is 5.92 Å². The summed E-state index contributed by atoms with van der Waals surface area (Å²) in [5.41, 5.74) is 0. The second-order valence-electron chi connectivity index (χ2n) is 5.72. The molecule has 1 rings (SSSR count). The van der Waals surface area contributed by atoms with Crippen LogP contribution in [0.15, 0.2) is 0 Å². The highest BCUT2D eigenvalue weighted by Crippen LogP contribution is 2.21. The number of hydrogen-bond donors (Lipinski definition) is 1. The van der Waals surface area contributed by atoms with Gasteiger partial charge in [-0.2, -0.15) is 0 Å². The van der Waals surface area contributed by atoms with E-state index in [-0.39, 0.29) is 0 Å². The normalized spacial score (nSPS) is 25.0. The molecule has 0 aromatic rings. The first-order valence-corrected chi connectivity index (χ1v) is 7.68. The fraction of sp³-hybridized carbons (Fsp3) is 1.00. The molecule has 18 heavy (non-hydrogen) atoms. The van der Waals surface area contributed by atoms with E-state index >= 15 is 0 Å². The van der Waals surface area contributed by atoms with Crippen LogP contribution < -0.4 is 5.32 Å². The van der Waals surface area contributed by atoms with Crippen molar-refractivity contribution in [2.75, 3.05) is 33.8 Å². The number of rotatable bonds is 8. The molecule has 0 aromatic carbocycles. The van der Waals surface area contributed by atoms with Gasteiger partial charge in [-0.05, 0) is 26.4 Å². The van der Waals surface area contributed by atoms with Crippen molar-refractivity contribution in [1.82, 2.24) is 10.2 Å². The van der Waals surface area contributed by atoms with E-state index in [0.717, 1.165) is 25.6 Å². The Morgan fingerprint density at radius 2 is 2.17 bits per heavy atom. The third-order valence-electron chi connectivity index (χ3n) is 4.25. The first-order chi connectivity index (χ1) is 8.71. The average molecular weight is 256 g/mol. The van der Waals surface area contributed by atoms with Crippen molar-refractivity contribution in [3.63, 3.8) is 0 Å². The summed E-state index contributed by atoms with van der Waals surface area (Å²) < 4.78 is 5.95. The quantitative estimate of drug-likeness (QED) is 0.722. The molecule has 0 aromatic heterocycles. The first kappa shape index (κ1) is 15.9. The molecular formula is C15H32N2O. The van der Waals surface area contributed by atoms with E-state index in [1.807, 2.05) is 0 Å². The van der Waals surface area contributed by atoms with Gasteiger partial charge in [0, 0.05) is 19.1 Å². The van der Waals surface area contributed by atoms with Gasteiger partial charge in [0.2, 0.25) is 0 Å². The molecule has 108 valence electrons. The van der Waals surface area contributed by atoms with Crippen molar-refractivity contribution < 1.29 is 4.74 Å². The van der Waals surface area contributed by atoms with E-state index in [4.69, 9.17) is 4.74 Å². The topological polar surface area (TPSA) is 24.5 Å². The highest BCUT2D eigenvalue weighted by molar-refractivity contribution is 4.83. The summed E-state index contributed by atoms with van der Waals surface area (Å²) in [7, 11) is 4.27. The van der Waals surface area contributed by atoms with Crippen molar-refractivity contribution in [3.8, 4) is 0 Å². The van der Waals surface area contributed by atoms with E-state index < -0.39 is 0 Å². The maximum Gasteiger partial charge on any atom is 0.0855 e. The number of ether oxygens (including phenoxy) is 1. The van der Waals surface area contributed by atoms with Gasteiger partial charge in [0.05, 0.1) is 12.7 Å². The molecule has 0 bridgehead atoms. The van der Waals surface area contributed by atoms with Gasteiger partial charge in [-0.3, -0.25) is 0 Å². The molecule has 0 radical (unpaired) electrons. The molecule has 1 heterocycles. The lowest BCUT2D eigenvalue weighted by atomic mass is 9.89. The molecule has 3 atom stereocenters. The predicted molar refractivity (Wildman–Crippen MR) is 78.0 cm³/mol. The molecule has 0 aliphatic carbocycles. The fourth-order valence-corrected chi connectivity index (χ4v) is 2.85. The van der Waals surface area contributed by atoms with Crippen molar-refractivity contribution in [2.24, 2.45) is 5.92 Å². The fourth-order valence-electron chi connectivity index (χ4n) is 2.85. The molecule has 0 spiro atoms. The Morgan fingerprint density at radius 3 is 2.72 bits per heavy atom. The van der Waals surface area contributed by atoms with Gasteiger partial charge in [-0.1, -0.05) is 39.5 Å². The Bertz CT molecular complexity index is 211. The average Bonchev–Trinajstić information content (AvgIpc) is 2.39. The summed E-state index contributed by atoms with van der Waals surface area (Å²) in [4.78, 5) is 2.38. The lowest BCUT2D eigenvalue weighted by Crippen LogP contribution is -2.50. The van der Waals surface area contributed by atoms with Gasteiger partial charge < -0.3 is 15.0 Å². The monoisotopic (exact) mass is 256 g/mol. The number of likely N-dealkylation sites (N-methyl/N-ethyl adjacent to an activating group) is 2. The summed E-state index contributed by atoms with van der Waals surface area (Å²) in [6.45, 7) is 7.61. The molecule has 1 fully saturated rings. The first-order valence-electron chi connectivity index (χ1n) is 7.68. The van der Waals surface area contributed by atoms with Gasteiger partial charge in [0.25, 0.3) is 0 Å². The van der Waals surface area contributed by atoms with Crippen LogP contribution in [0.3, 0.4) is 0 Å². The summed E-state index contributed by atoms with van der Waals surface area (Å²) in [5, 5.41) is 3.48. The molecule has 1 N–H and O–H groups in total. The van der Waals surface area contributed by atoms with E-state index in [0.29, 0.717) is 12.1 Å². The smallest absolute Gasteiger partial charge is 0.0855 e. The highest BCUT2D eigenvalue weighted by Gasteiger charge is 2.27. The number of nitrogens with zero attached hydrogens (tertiary/aromatic N) is 1. The van der Waals surface area contributed by atoms with Crippen LogP contribution in [0.4, 0.5) is 0 Å². The zero-order valence-electron chi connectivity index (χ0n) is 12.7. The molecule has 1 aliphatic heterocycles. The summed E-state index contributed by atoms with van der Waals surface area (Å²) in [5.74, 6) is 0.846. The number of hydrogen-bond acceptors (Lipinski definition) is 3. The maximum absolute atomic E-state index is 5.95. The zero-order valence-corrected chi connectivity index (χ0v) is 12.7. The zero-order chi connectivity index (χ0) is 13.4. The Labute approximate surface area is 113 Å². The van der Waals surface area contributed by atoms with Crippen molar-refractivity contribution in [3.05, 3.63) is 0 Å². The van der Waals surface area contributed by atoms with Gasteiger partial charge >= 0.3 is 0 Å². The van der Waals surface area contributed by atoms with Crippen molar-refractivity contribution >= 4 is 0 Å². The van der Waals surface area contributed by atoms with Crippen LogP contribution in [0.25, 0.3) is 0 Å². The Hall–Kier alpha value is -0.120. The van der Waals surface area contributed by atoms with Crippen LogP contribution in [-0.2, 0) is 4.74 Å². The molecule has 0 saturated carbocycles. The third kappa shape index (κ3) is 5.25. The molecule has 0 amide bonds.